The van der Waals surface area contributed by atoms with Crippen molar-refractivity contribution in [2.75, 3.05) is 0 Å². The zero-order chi connectivity index (χ0) is 34.6. The highest BCUT2D eigenvalue weighted by molar-refractivity contribution is 5.89. The zero-order valence-corrected chi connectivity index (χ0v) is 28.0. The topological polar surface area (TPSA) is 58.8 Å². The van der Waals surface area contributed by atoms with Crippen molar-refractivity contribution in [2.45, 2.75) is 5.41 Å². The van der Waals surface area contributed by atoms with E-state index < -0.39 is 5.41 Å². The van der Waals surface area contributed by atoms with Crippen LogP contribution in [0.15, 0.2) is 176 Å². The minimum Gasteiger partial charge on any atom is -0.457 e. The molecule has 7 aromatic carbocycles. The molecule has 4 heteroatoms. The van der Waals surface area contributed by atoms with E-state index in [4.69, 9.17) is 14.7 Å². The fourth-order valence-electron chi connectivity index (χ4n) is 8.08. The van der Waals surface area contributed by atoms with Crippen LogP contribution in [0.4, 0.5) is 0 Å². The van der Waals surface area contributed by atoms with Crippen molar-refractivity contribution in [2.24, 2.45) is 0 Å². The maximum Gasteiger partial charge on any atom is 0.160 e. The lowest BCUT2D eigenvalue weighted by Crippen LogP contribution is -2.32. The van der Waals surface area contributed by atoms with Crippen molar-refractivity contribution in [1.29, 1.82) is 5.26 Å². The number of hydrogen-bond acceptors (Lipinski definition) is 4. The highest BCUT2D eigenvalue weighted by Gasteiger charge is 2.51. The molecule has 0 atom stereocenters. The molecule has 4 nitrogen and oxygen atoms in total. The molecule has 10 rings (SSSR count). The molecule has 1 spiro atoms. The highest BCUT2D eigenvalue weighted by Crippen LogP contribution is 2.62. The van der Waals surface area contributed by atoms with Crippen LogP contribution in [0.1, 0.15) is 27.8 Å². The first-order valence-corrected chi connectivity index (χ1v) is 17.4. The smallest absolute Gasteiger partial charge is 0.160 e. The summed E-state index contributed by atoms with van der Waals surface area (Å²) in [7, 11) is 0. The van der Waals surface area contributed by atoms with Crippen LogP contribution in [-0.2, 0) is 5.41 Å². The second-order valence-electron chi connectivity index (χ2n) is 13.3. The molecule has 0 amide bonds. The molecule has 0 saturated heterocycles. The summed E-state index contributed by atoms with van der Waals surface area (Å²) in [6.45, 7) is 0. The average molecular weight is 664 g/mol. The normalized spacial score (nSPS) is 12.9. The Balaban J connectivity index is 1.17. The van der Waals surface area contributed by atoms with Crippen LogP contribution in [0.3, 0.4) is 0 Å². The van der Waals surface area contributed by atoms with Gasteiger partial charge < -0.3 is 4.74 Å². The predicted molar refractivity (Wildman–Crippen MR) is 206 cm³/mol. The van der Waals surface area contributed by atoms with Crippen molar-refractivity contribution < 1.29 is 4.74 Å². The third-order valence-corrected chi connectivity index (χ3v) is 10.4. The van der Waals surface area contributed by atoms with Crippen LogP contribution in [0.25, 0.3) is 56.2 Å². The number of rotatable bonds is 4. The molecule has 0 unspecified atom stereocenters. The summed E-state index contributed by atoms with van der Waals surface area (Å²) in [5.74, 6) is 2.25. The van der Waals surface area contributed by atoms with Crippen LogP contribution in [0.5, 0.6) is 11.5 Å². The summed E-state index contributed by atoms with van der Waals surface area (Å²) in [4.78, 5) is 10.1. The molecule has 2 aliphatic rings. The summed E-state index contributed by atoms with van der Waals surface area (Å²) in [6.07, 6.45) is 0. The Morgan fingerprint density at radius 3 is 1.65 bits per heavy atom. The molecule has 0 fully saturated rings. The first kappa shape index (κ1) is 29.8. The monoisotopic (exact) mass is 663 g/mol. The first-order valence-electron chi connectivity index (χ1n) is 17.4. The lowest BCUT2D eigenvalue weighted by atomic mass is 9.65. The van der Waals surface area contributed by atoms with Gasteiger partial charge in [-0.15, -0.1) is 0 Å². The van der Waals surface area contributed by atoms with E-state index in [1.54, 1.807) is 0 Å². The first-order chi connectivity index (χ1) is 25.7. The van der Waals surface area contributed by atoms with E-state index in [1.165, 1.54) is 22.3 Å². The SMILES string of the molecule is N#Cc1ccc2c(c1)C1(c3cc(-c4cccc(-c5cc(-c6ccccc6)nc(-c6ccccc6)n5)c4)ccc3O2)c2ccccc2-c2ccccc21. The lowest BCUT2D eigenvalue weighted by molar-refractivity contribution is 0.436. The Morgan fingerprint density at radius 1 is 0.423 bits per heavy atom. The minimum absolute atomic E-state index is 0.602. The number of nitriles is 1. The fraction of sp³-hybridized carbons (Fsp3) is 0.0208. The molecule has 0 radical (unpaired) electrons. The molecule has 52 heavy (non-hydrogen) atoms. The largest absolute Gasteiger partial charge is 0.457 e. The van der Waals surface area contributed by atoms with Gasteiger partial charge in [0, 0.05) is 27.8 Å². The van der Waals surface area contributed by atoms with Crippen LogP contribution >= 0.6 is 0 Å². The second-order valence-corrected chi connectivity index (χ2v) is 13.3. The quantitative estimate of drug-likeness (QED) is 0.188. The van der Waals surface area contributed by atoms with Gasteiger partial charge in [-0.3, -0.25) is 0 Å². The summed E-state index contributed by atoms with van der Waals surface area (Å²) in [6, 6.07) is 63.0. The molecule has 1 aliphatic heterocycles. The minimum atomic E-state index is -0.668. The molecule has 8 aromatic rings. The van der Waals surface area contributed by atoms with Crippen LogP contribution < -0.4 is 4.74 Å². The Kier molecular flexibility index (Phi) is 6.74. The molecular formula is C48H29N3O. The molecule has 242 valence electrons. The fourth-order valence-corrected chi connectivity index (χ4v) is 8.08. The van der Waals surface area contributed by atoms with Gasteiger partial charge in [0.15, 0.2) is 5.82 Å². The van der Waals surface area contributed by atoms with Gasteiger partial charge in [0.25, 0.3) is 0 Å². The van der Waals surface area contributed by atoms with E-state index in [9.17, 15) is 5.26 Å². The van der Waals surface area contributed by atoms with E-state index in [-0.39, 0.29) is 0 Å². The average Bonchev–Trinajstić information content (AvgIpc) is 3.52. The van der Waals surface area contributed by atoms with Crippen molar-refractivity contribution in [1.82, 2.24) is 9.97 Å². The molecule has 1 aromatic heterocycles. The van der Waals surface area contributed by atoms with Gasteiger partial charge in [-0.05, 0) is 75.8 Å². The Bertz CT molecular complexity index is 2630. The van der Waals surface area contributed by atoms with Gasteiger partial charge in [0.1, 0.15) is 11.5 Å². The maximum atomic E-state index is 10.0. The standard InChI is InChI=1S/C48H29N3O/c49-30-31-22-24-45-41(26-31)48(39-20-9-7-18-37(39)38-19-8-10-21-40(38)48)42-28-35(23-25-46(42)52-45)34-16-11-17-36(27-34)44-29-43(32-12-3-1-4-13-32)50-47(51-44)33-14-5-2-6-15-33/h1-29H. The number of aromatic nitrogens is 2. The number of benzene rings is 7. The molecule has 0 bridgehead atoms. The van der Waals surface area contributed by atoms with E-state index in [2.05, 4.69) is 115 Å². The Labute approximate surface area is 301 Å². The van der Waals surface area contributed by atoms with Gasteiger partial charge in [0.05, 0.1) is 28.4 Å². The van der Waals surface area contributed by atoms with Gasteiger partial charge in [0.2, 0.25) is 0 Å². The number of nitrogens with zero attached hydrogens (tertiary/aromatic N) is 3. The van der Waals surface area contributed by atoms with E-state index in [1.807, 2.05) is 66.7 Å². The third-order valence-electron chi connectivity index (χ3n) is 10.4. The molecule has 0 N–H and O–H groups in total. The van der Waals surface area contributed by atoms with E-state index in [0.717, 1.165) is 61.8 Å². The Morgan fingerprint density at radius 2 is 0.962 bits per heavy atom. The lowest BCUT2D eigenvalue weighted by Gasteiger charge is -2.39. The van der Waals surface area contributed by atoms with Gasteiger partial charge in [-0.1, -0.05) is 133 Å². The van der Waals surface area contributed by atoms with Crippen molar-refractivity contribution >= 4 is 0 Å². The highest BCUT2D eigenvalue weighted by atomic mass is 16.5. The van der Waals surface area contributed by atoms with Crippen molar-refractivity contribution in [3.05, 3.63) is 204 Å². The molecule has 1 aliphatic carbocycles. The zero-order valence-electron chi connectivity index (χ0n) is 28.0. The van der Waals surface area contributed by atoms with Crippen LogP contribution in [0, 0.1) is 11.3 Å². The van der Waals surface area contributed by atoms with Crippen molar-refractivity contribution in [3.8, 4) is 73.7 Å². The van der Waals surface area contributed by atoms with E-state index >= 15 is 0 Å². The number of hydrogen-bond donors (Lipinski definition) is 0. The van der Waals surface area contributed by atoms with E-state index in [0.29, 0.717) is 11.4 Å². The maximum absolute atomic E-state index is 10.0. The summed E-state index contributed by atoms with van der Waals surface area (Å²) < 4.78 is 6.66. The summed E-state index contributed by atoms with van der Waals surface area (Å²) in [5.41, 5.74) is 13.6. The van der Waals surface area contributed by atoms with Crippen LogP contribution in [-0.4, -0.2) is 9.97 Å². The van der Waals surface area contributed by atoms with Crippen molar-refractivity contribution in [3.63, 3.8) is 0 Å². The van der Waals surface area contributed by atoms with Gasteiger partial charge >= 0.3 is 0 Å². The summed E-state index contributed by atoms with van der Waals surface area (Å²) in [5, 5.41) is 10.0. The van der Waals surface area contributed by atoms with Gasteiger partial charge in [-0.2, -0.15) is 5.26 Å². The Hall–Kier alpha value is -7.09. The number of fused-ring (bicyclic) bond motifs is 9. The predicted octanol–water partition coefficient (Wildman–Crippen LogP) is 11.5. The number of ether oxygens (including phenoxy) is 1. The third kappa shape index (κ3) is 4.54. The molecule has 2 heterocycles. The van der Waals surface area contributed by atoms with Crippen LogP contribution in [0.2, 0.25) is 0 Å². The summed E-state index contributed by atoms with van der Waals surface area (Å²) >= 11 is 0. The second kappa shape index (κ2) is 11.8. The molecular weight excluding hydrogens is 635 g/mol. The van der Waals surface area contributed by atoms with Gasteiger partial charge in [-0.25, -0.2) is 9.97 Å². The molecule has 0 saturated carbocycles.